The second-order valence-corrected chi connectivity index (χ2v) is 11.2. The van der Waals surface area contributed by atoms with E-state index in [1.807, 2.05) is 6.07 Å². The molecule has 1 nitrogen and oxygen atoms in total. The monoisotopic (exact) mass is 502 g/mol. The predicted molar refractivity (Wildman–Crippen MR) is 160 cm³/mol. The first-order chi connectivity index (χ1) is 18.8. The van der Waals surface area contributed by atoms with Gasteiger partial charge in [-0.1, -0.05) is 121 Å². The van der Waals surface area contributed by atoms with Crippen LogP contribution in [0.25, 0.3) is 65.7 Å². The second-order valence-electron chi connectivity index (χ2n) is 9.85. The van der Waals surface area contributed by atoms with Gasteiger partial charge < -0.3 is 0 Å². The highest BCUT2D eigenvalue weighted by Gasteiger charge is 2.30. The minimum atomic E-state index is -1.22. The summed E-state index contributed by atoms with van der Waals surface area (Å²) >= 11 is 0. The topological polar surface area (TPSA) is 17.1 Å². The van der Waals surface area contributed by atoms with E-state index in [2.05, 4.69) is 127 Å². The lowest BCUT2D eigenvalue weighted by atomic mass is 9.89. The SMILES string of the molecule is O=S1c2ccc(-c3ccc(-c4ccccc4)c4ccccc34)cc2-c2c1c1ccccc1c1ccccc21. The normalized spacial score (nSPS) is 14.2. The van der Waals surface area contributed by atoms with Gasteiger partial charge in [0.2, 0.25) is 0 Å². The van der Waals surface area contributed by atoms with Crippen LogP contribution in [0.4, 0.5) is 0 Å². The summed E-state index contributed by atoms with van der Waals surface area (Å²) in [5.74, 6) is 0. The average Bonchev–Trinajstić information content (AvgIpc) is 3.29. The summed E-state index contributed by atoms with van der Waals surface area (Å²) in [7, 11) is -1.22. The first-order valence-corrected chi connectivity index (χ1v) is 14.0. The number of hydrogen-bond acceptors (Lipinski definition) is 1. The summed E-state index contributed by atoms with van der Waals surface area (Å²) in [6, 6.07) is 47.0. The summed E-state index contributed by atoms with van der Waals surface area (Å²) in [6.45, 7) is 0. The number of fused-ring (bicyclic) bond motifs is 9. The quantitative estimate of drug-likeness (QED) is 0.215. The molecule has 0 N–H and O–H groups in total. The van der Waals surface area contributed by atoms with Gasteiger partial charge >= 0.3 is 0 Å². The van der Waals surface area contributed by atoms with Crippen molar-refractivity contribution in [2.75, 3.05) is 0 Å². The van der Waals surface area contributed by atoms with Crippen LogP contribution >= 0.6 is 0 Å². The average molecular weight is 503 g/mol. The van der Waals surface area contributed by atoms with Gasteiger partial charge in [0.05, 0.1) is 20.6 Å². The predicted octanol–water partition coefficient (Wildman–Crippen LogP) is 9.63. The van der Waals surface area contributed by atoms with Crippen molar-refractivity contribution >= 4 is 43.1 Å². The third-order valence-electron chi connectivity index (χ3n) is 7.84. The molecule has 1 unspecified atom stereocenters. The summed E-state index contributed by atoms with van der Waals surface area (Å²) in [4.78, 5) is 1.84. The molecule has 1 aliphatic rings. The highest BCUT2D eigenvalue weighted by atomic mass is 32.2. The molecule has 1 atom stereocenters. The molecule has 7 aromatic carbocycles. The lowest BCUT2D eigenvalue weighted by molar-refractivity contribution is 0.685. The zero-order chi connectivity index (χ0) is 25.2. The molecule has 7 aromatic rings. The van der Waals surface area contributed by atoms with Gasteiger partial charge in [-0.25, -0.2) is 4.21 Å². The van der Waals surface area contributed by atoms with E-state index in [1.54, 1.807) is 0 Å². The molecular formula is C36H22OS. The van der Waals surface area contributed by atoms with E-state index in [0.29, 0.717) is 0 Å². The molecule has 0 radical (unpaired) electrons. The molecule has 0 saturated heterocycles. The van der Waals surface area contributed by atoms with Gasteiger partial charge in [-0.05, 0) is 66.7 Å². The Hall–Kier alpha value is -4.53. The molecule has 38 heavy (non-hydrogen) atoms. The molecule has 0 spiro atoms. The van der Waals surface area contributed by atoms with Gasteiger partial charge in [-0.15, -0.1) is 0 Å². The molecule has 1 aliphatic heterocycles. The molecule has 8 rings (SSSR count). The van der Waals surface area contributed by atoms with Gasteiger partial charge in [0.15, 0.2) is 0 Å². The Bertz CT molecular complexity index is 2090. The van der Waals surface area contributed by atoms with E-state index in [-0.39, 0.29) is 0 Å². The maximum atomic E-state index is 13.9. The van der Waals surface area contributed by atoms with Crippen LogP contribution < -0.4 is 0 Å². The third-order valence-corrected chi connectivity index (χ3v) is 9.39. The van der Waals surface area contributed by atoms with Crippen LogP contribution in [0.3, 0.4) is 0 Å². The van der Waals surface area contributed by atoms with Gasteiger partial charge in [0.1, 0.15) is 0 Å². The van der Waals surface area contributed by atoms with Crippen molar-refractivity contribution in [3.05, 3.63) is 133 Å². The number of rotatable bonds is 2. The van der Waals surface area contributed by atoms with Crippen LogP contribution in [0.15, 0.2) is 143 Å². The number of hydrogen-bond donors (Lipinski definition) is 0. The Morgan fingerprint density at radius 2 is 0.921 bits per heavy atom. The molecule has 2 heteroatoms. The van der Waals surface area contributed by atoms with Crippen LogP contribution in [0.2, 0.25) is 0 Å². The van der Waals surface area contributed by atoms with Crippen molar-refractivity contribution in [2.24, 2.45) is 0 Å². The standard InChI is InChI=1S/C36H22OS/c37-38-34-21-18-24(26-20-19-25(23-10-2-1-3-11-23)27-12-4-5-13-28(26)27)22-33(34)35-31-16-8-6-14-29(31)30-15-7-9-17-32(30)36(35)38/h1-22H. The van der Waals surface area contributed by atoms with Crippen molar-refractivity contribution in [3.63, 3.8) is 0 Å². The molecule has 0 amide bonds. The number of benzene rings is 7. The molecule has 0 aliphatic carbocycles. The summed E-state index contributed by atoms with van der Waals surface area (Å²) in [5.41, 5.74) is 6.96. The Kier molecular flexibility index (Phi) is 4.67. The van der Waals surface area contributed by atoms with Crippen molar-refractivity contribution in [2.45, 2.75) is 9.79 Å². The summed E-state index contributed by atoms with van der Waals surface area (Å²) in [6.07, 6.45) is 0. The van der Waals surface area contributed by atoms with Crippen LogP contribution in [-0.2, 0) is 10.8 Å². The van der Waals surface area contributed by atoms with E-state index < -0.39 is 10.8 Å². The maximum Gasteiger partial charge on any atom is 0.0868 e. The van der Waals surface area contributed by atoms with Crippen LogP contribution in [0, 0.1) is 0 Å². The molecule has 0 bridgehead atoms. The third kappa shape index (κ3) is 3.01. The van der Waals surface area contributed by atoms with E-state index in [1.165, 1.54) is 32.8 Å². The Morgan fingerprint density at radius 3 is 1.61 bits per heavy atom. The van der Waals surface area contributed by atoms with Gasteiger partial charge in [0, 0.05) is 11.1 Å². The van der Waals surface area contributed by atoms with E-state index >= 15 is 0 Å². The second kappa shape index (κ2) is 8.24. The lowest BCUT2D eigenvalue weighted by Crippen LogP contribution is -1.90. The summed E-state index contributed by atoms with van der Waals surface area (Å²) < 4.78 is 13.9. The maximum absolute atomic E-state index is 13.9. The van der Waals surface area contributed by atoms with Crippen molar-refractivity contribution in [1.82, 2.24) is 0 Å². The molecule has 0 saturated carbocycles. The van der Waals surface area contributed by atoms with Gasteiger partial charge in [0.25, 0.3) is 0 Å². The van der Waals surface area contributed by atoms with E-state index in [0.717, 1.165) is 42.6 Å². The van der Waals surface area contributed by atoms with Crippen molar-refractivity contribution < 1.29 is 4.21 Å². The van der Waals surface area contributed by atoms with E-state index in [4.69, 9.17) is 0 Å². The highest BCUT2D eigenvalue weighted by molar-refractivity contribution is 7.86. The Morgan fingerprint density at radius 1 is 0.395 bits per heavy atom. The van der Waals surface area contributed by atoms with Gasteiger partial charge in [-0.2, -0.15) is 0 Å². The largest absolute Gasteiger partial charge is 0.249 e. The first kappa shape index (κ1) is 21.5. The van der Waals surface area contributed by atoms with Crippen LogP contribution in [-0.4, -0.2) is 4.21 Å². The molecule has 0 fully saturated rings. The molecule has 0 aromatic heterocycles. The smallest absolute Gasteiger partial charge is 0.0868 e. The minimum absolute atomic E-state index is 0.899. The van der Waals surface area contributed by atoms with Crippen LogP contribution in [0.1, 0.15) is 0 Å². The zero-order valence-electron chi connectivity index (χ0n) is 20.5. The molecule has 1 heterocycles. The zero-order valence-corrected chi connectivity index (χ0v) is 21.3. The Balaban J connectivity index is 1.40. The lowest BCUT2D eigenvalue weighted by Gasteiger charge is -2.14. The van der Waals surface area contributed by atoms with Gasteiger partial charge in [-0.3, -0.25) is 0 Å². The first-order valence-electron chi connectivity index (χ1n) is 12.9. The summed E-state index contributed by atoms with van der Waals surface area (Å²) in [5, 5.41) is 7.05. The fraction of sp³-hybridized carbons (Fsp3) is 0. The van der Waals surface area contributed by atoms with Crippen LogP contribution in [0.5, 0.6) is 0 Å². The van der Waals surface area contributed by atoms with Crippen molar-refractivity contribution in [3.8, 4) is 33.4 Å². The fourth-order valence-electron chi connectivity index (χ4n) is 6.15. The van der Waals surface area contributed by atoms with E-state index in [9.17, 15) is 4.21 Å². The minimum Gasteiger partial charge on any atom is -0.249 e. The highest BCUT2D eigenvalue weighted by Crippen LogP contribution is 2.50. The molecular weight excluding hydrogens is 480 g/mol. The fourth-order valence-corrected chi connectivity index (χ4v) is 7.71. The molecule has 178 valence electrons. The van der Waals surface area contributed by atoms with Crippen molar-refractivity contribution in [1.29, 1.82) is 0 Å². The Labute approximate surface area is 223 Å².